The van der Waals surface area contributed by atoms with Gasteiger partial charge in [-0.15, -0.1) is 11.6 Å². The van der Waals surface area contributed by atoms with Crippen LogP contribution in [0.2, 0.25) is 0 Å². The summed E-state index contributed by atoms with van der Waals surface area (Å²) in [7, 11) is -2.93. The molecule has 1 rings (SSSR count). The lowest BCUT2D eigenvalue weighted by atomic mass is 10.1. The Balaban J connectivity index is 2.25. The van der Waals surface area contributed by atoms with Crippen molar-refractivity contribution in [2.75, 3.05) is 23.9 Å². The number of sulfone groups is 1. The summed E-state index contributed by atoms with van der Waals surface area (Å²) in [4.78, 5) is 21.8. The molecular weight excluding hydrogens is 256 g/mol. The van der Waals surface area contributed by atoms with Crippen LogP contribution in [0.4, 0.5) is 4.79 Å². The highest BCUT2D eigenvalue weighted by atomic mass is 35.5. The van der Waals surface area contributed by atoms with Crippen LogP contribution in [-0.2, 0) is 14.6 Å². The number of urea groups is 1. The van der Waals surface area contributed by atoms with E-state index in [1.165, 1.54) is 0 Å². The first kappa shape index (κ1) is 13.2. The highest BCUT2D eigenvalue weighted by Crippen LogP contribution is 2.17. The zero-order chi connectivity index (χ0) is 12.2. The predicted octanol–water partition coefficient (Wildman–Crippen LogP) is -0.514. The lowest BCUT2D eigenvalue weighted by molar-refractivity contribution is -0.117. The topological polar surface area (TPSA) is 92.3 Å². The monoisotopic (exact) mass is 268 g/mol. The second kappa shape index (κ2) is 5.49. The Morgan fingerprint density at radius 3 is 2.56 bits per heavy atom. The van der Waals surface area contributed by atoms with Crippen molar-refractivity contribution in [3.05, 3.63) is 0 Å². The number of hydrogen-bond donors (Lipinski definition) is 2. The molecule has 2 N–H and O–H groups in total. The molecule has 92 valence electrons. The van der Waals surface area contributed by atoms with E-state index in [0.29, 0.717) is 6.42 Å². The molecule has 0 aromatic heterocycles. The van der Waals surface area contributed by atoms with Gasteiger partial charge in [-0.05, 0) is 12.3 Å². The fourth-order valence-electron chi connectivity index (χ4n) is 1.47. The maximum absolute atomic E-state index is 11.1. The first-order chi connectivity index (χ1) is 7.43. The van der Waals surface area contributed by atoms with Gasteiger partial charge in [0.2, 0.25) is 5.91 Å². The van der Waals surface area contributed by atoms with E-state index in [1.54, 1.807) is 0 Å². The van der Waals surface area contributed by atoms with Crippen molar-refractivity contribution in [1.29, 1.82) is 0 Å². The zero-order valence-electron chi connectivity index (χ0n) is 8.53. The number of alkyl halides is 1. The molecule has 0 saturated carbocycles. The molecule has 16 heavy (non-hydrogen) atoms. The van der Waals surface area contributed by atoms with Crippen LogP contribution in [0.1, 0.15) is 6.42 Å². The van der Waals surface area contributed by atoms with Gasteiger partial charge in [-0.1, -0.05) is 0 Å². The van der Waals surface area contributed by atoms with Crippen molar-refractivity contribution in [3.63, 3.8) is 0 Å². The lowest BCUT2D eigenvalue weighted by Crippen LogP contribution is -2.42. The second-order valence-electron chi connectivity index (χ2n) is 3.66. The molecule has 1 atom stereocenters. The molecule has 0 bridgehead atoms. The first-order valence-corrected chi connectivity index (χ1v) is 7.12. The van der Waals surface area contributed by atoms with Crippen LogP contribution in [0.25, 0.3) is 0 Å². The summed E-state index contributed by atoms with van der Waals surface area (Å²) in [6.45, 7) is 0.251. The van der Waals surface area contributed by atoms with Gasteiger partial charge >= 0.3 is 6.03 Å². The van der Waals surface area contributed by atoms with Crippen LogP contribution in [-0.4, -0.2) is 44.3 Å². The van der Waals surface area contributed by atoms with Crippen LogP contribution >= 0.6 is 11.6 Å². The molecule has 0 radical (unpaired) electrons. The second-order valence-corrected chi connectivity index (χ2v) is 6.16. The average molecular weight is 269 g/mol. The predicted molar refractivity (Wildman–Crippen MR) is 59.0 cm³/mol. The molecule has 1 unspecified atom stereocenters. The number of amides is 3. The fourth-order valence-corrected chi connectivity index (χ4v) is 3.40. The minimum absolute atomic E-state index is 0.0677. The number of rotatable bonds is 3. The van der Waals surface area contributed by atoms with E-state index in [2.05, 4.69) is 5.32 Å². The van der Waals surface area contributed by atoms with Crippen LogP contribution in [0, 0.1) is 5.92 Å². The van der Waals surface area contributed by atoms with Gasteiger partial charge in [0.15, 0.2) is 9.84 Å². The largest absolute Gasteiger partial charge is 0.337 e. The average Bonchev–Trinajstić information content (AvgIpc) is 2.55. The Morgan fingerprint density at radius 2 is 2.06 bits per heavy atom. The molecule has 0 aromatic rings. The van der Waals surface area contributed by atoms with Crippen LogP contribution < -0.4 is 10.6 Å². The molecule has 0 aromatic carbocycles. The van der Waals surface area contributed by atoms with E-state index in [0.717, 1.165) is 0 Å². The Labute approximate surface area is 98.6 Å². The van der Waals surface area contributed by atoms with Gasteiger partial charge in [0.1, 0.15) is 5.88 Å². The summed E-state index contributed by atoms with van der Waals surface area (Å²) in [6, 6.07) is -0.644. The highest BCUT2D eigenvalue weighted by Gasteiger charge is 2.27. The van der Waals surface area contributed by atoms with Crippen molar-refractivity contribution in [2.45, 2.75) is 6.42 Å². The molecule has 1 aliphatic heterocycles. The quantitative estimate of drug-likeness (QED) is 0.674. The Hall–Kier alpha value is -0.820. The SMILES string of the molecule is O=C(CCl)NC(=O)NCC1CCS(=O)(=O)C1. The molecule has 1 fully saturated rings. The highest BCUT2D eigenvalue weighted by molar-refractivity contribution is 7.91. The molecule has 0 spiro atoms. The van der Waals surface area contributed by atoms with Crippen molar-refractivity contribution >= 4 is 33.4 Å². The van der Waals surface area contributed by atoms with Gasteiger partial charge in [-0.3, -0.25) is 10.1 Å². The number of halogens is 1. The van der Waals surface area contributed by atoms with E-state index >= 15 is 0 Å². The van der Waals surface area contributed by atoms with Gasteiger partial charge in [0.05, 0.1) is 11.5 Å². The van der Waals surface area contributed by atoms with Crippen LogP contribution in [0.3, 0.4) is 0 Å². The summed E-state index contributed by atoms with van der Waals surface area (Å²) >= 11 is 5.19. The number of imide groups is 1. The van der Waals surface area contributed by atoms with Crippen LogP contribution in [0.15, 0.2) is 0 Å². The molecule has 3 amide bonds. The van der Waals surface area contributed by atoms with Crippen molar-refractivity contribution in [2.24, 2.45) is 5.92 Å². The third kappa shape index (κ3) is 4.36. The molecule has 0 aliphatic carbocycles. The number of hydrogen-bond acceptors (Lipinski definition) is 4. The number of carbonyl (C=O) groups excluding carboxylic acids is 2. The normalized spacial score (nSPS) is 22.7. The zero-order valence-corrected chi connectivity index (χ0v) is 10.1. The summed E-state index contributed by atoms with van der Waals surface area (Å²) < 4.78 is 22.2. The minimum atomic E-state index is -2.93. The Kier molecular flexibility index (Phi) is 4.55. The third-order valence-corrected chi connectivity index (χ3v) is 4.33. The smallest absolute Gasteiger partial charge is 0.321 e. The van der Waals surface area contributed by atoms with Gasteiger partial charge in [0, 0.05) is 6.54 Å². The third-order valence-electron chi connectivity index (χ3n) is 2.25. The molecule has 1 heterocycles. The summed E-state index contributed by atoms with van der Waals surface area (Å²) in [5, 5.41) is 4.44. The van der Waals surface area contributed by atoms with Gasteiger partial charge < -0.3 is 5.32 Å². The van der Waals surface area contributed by atoms with Crippen molar-refractivity contribution < 1.29 is 18.0 Å². The van der Waals surface area contributed by atoms with Gasteiger partial charge in [0.25, 0.3) is 0 Å². The Bertz CT molecular complexity index is 381. The van der Waals surface area contributed by atoms with Crippen molar-refractivity contribution in [3.8, 4) is 0 Å². The lowest BCUT2D eigenvalue weighted by Gasteiger charge is -2.09. The first-order valence-electron chi connectivity index (χ1n) is 4.77. The summed E-state index contributed by atoms with van der Waals surface area (Å²) in [5.74, 6) is -0.677. The molecule has 6 nitrogen and oxygen atoms in total. The van der Waals surface area contributed by atoms with E-state index < -0.39 is 21.8 Å². The number of nitrogens with one attached hydrogen (secondary N) is 2. The Morgan fingerprint density at radius 1 is 1.38 bits per heavy atom. The number of carbonyl (C=O) groups is 2. The molecule has 1 saturated heterocycles. The van der Waals surface area contributed by atoms with Crippen molar-refractivity contribution in [1.82, 2.24) is 10.6 Å². The van der Waals surface area contributed by atoms with Crippen LogP contribution in [0.5, 0.6) is 0 Å². The summed E-state index contributed by atoms with van der Waals surface area (Å²) in [6.07, 6.45) is 0.548. The van der Waals surface area contributed by atoms with E-state index in [1.807, 2.05) is 5.32 Å². The molecule has 8 heteroatoms. The molecule has 1 aliphatic rings. The maximum atomic E-state index is 11.1. The van der Waals surface area contributed by atoms with Gasteiger partial charge in [-0.2, -0.15) is 0 Å². The standard InChI is InChI=1S/C8H13ClN2O4S/c9-3-7(12)11-8(13)10-4-6-1-2-16(14,15)5-6/h6H,1-5H2,(H2,10,11,12,13). The maximum Gasteiger partial charge on any atom is 0.321 e. The minimum Gasteiger partial charge on any atom is -0.337 e. The summed E-state index contributed by atoms with van der Waals surface area (Å²) in [5.41, 5.74) is 0. The van der Waals surface area contributed by atoms with E-state index in [4.69, 9.17) is 11.6 Å². The van der Waals surface area contributed by atoms with E-state index in [9.17, 15) is 18.0 Å². The van der Waals surface area contributed by atoms with Gasteiger partial charge in [-0.25, -0.2) is 13.2 Å². The molecular formula is C8H13ClN2O4S. The fraction of sp³-hybridized carbons (Fsp3) is 0.750. The van der Waals surface area contributed by atoms with E-state index in [-0.39, 0.29) is 29.8 Å².